The highest BCUT2D eigenvalue weighted by Gasteiger charge is 1.99. The summed E-state index contributed by atoms with van der Waals surface area (Å²) < 4.78 is 0. The van der Waals surface area contributed by atoms with Crippen LogP contribution in [0.4, 0.5) is 0 Å². The maximum absolute atomic E-state index is 11.6. The quantitative estimate of drug-likeness (QED) is 0.229. The van der Waals surface area contributed by atoms with Crippen LogP contribution >= 0.6 is 0 Å². The zero-order valence-corrected chi connectivity index (χ0v) is 17.1. The topological polar surface area (TPSA) is 41.1 Å². The van der Waals surface area contributed by atoms with E-state index < -0.39 is 0 Å². The number of allylic oxidation sites excluding steroid dienone is 2. The summed E-state index contributed by atoms with van der Waals surface area (Å²) >= 11 is 0. The molecule has 148 valence electrons. The number of nitrogens with one attached hydrogen (secondary N) is 2. The van der Waals surface area contributed by atoms with Crippen LogP contribution in [0.1, 0.15) is 103 Å². The van der Waals surface area contributed by atoms with Crippen molar-refractivity contribution in [3.8, 4) is 0 Å². The summed E-state index contributed by atoms with van der Waals surface area (Å²) in [5.41, 5.74) is 0. The molecule has 0 fully saturated rings. The largest absolute Gasteiger partial charge is 0.356 e. The molecule has 1 amide bonds. The van der Waals surface area contributed by atoms with Crippen LogP contribution in [0.15, 0.2) is 12.2 Å². The molecule has 0 unspecified atom stereocenters. The van der Waals surface area contributed by atoms with Gasteiger partial charge in [0.1, 0.15) is 0 Å². The summed E-state index contributed by atoms with van der Waals surface area (Å²) in [6.45, 7) is 4.03. The number of carbonyl (C=O) groups is 1. The molecular formula is C22H44N2O. The Bertz CT molecular complexity index is 302. The first kappa shape index (κ1) is 24.2. The van der Waals surface area contributed by atoms with E-state index in [2.05, 4.69) is 29.7 Å². The Morgan fingerprint density at radius 1 is 0.720 bits per heavy atom. The second-order valence-electron chi connectivity index (χ2n) is 7.14. The molecule has 0 aromatic heterocycles. The molecule has 0 radical (unpaired) electrons. The molecule has 25 heavy (non-hydrogen) atoms. The zero-order valence-electron chi connectivity index (χ0n) is 17.1. The third kappa shape index (κ3) is 21.1. The van der Waals surface area contributed by atoms with E-state index in [0.717, 1.165) is 25.9 Å². The molecule has 0 bridgehead atoms. The summed E-state index contributed by atoms with van der Waals surface area (Å²) in [4.78, 5) is 11.6. The highest BCUT2D eigenvalue weighted by molar-refractivity contribution is 5.75. The second kappa shape index (κ2) is 21.2. The van der Waals surface area contributed by atoms with Crippen molar-refractivity contribution in [1.29, 1.82) is 0 Å². The molecule has 0 heterocycles. The molecule has 0 saturated heterocycles. The van der Waals surface area contributed by atoms with Gasteiger partial charge < -0.3 is 10.6 Å². The summed E-state index contributed by atoms with van der Waals surface area (Å²) in [5.74, 6) is 0.216. The van der Waals surface area contributed by atoms with Crippen LogP contribution in [-0.2, 0) is 4.79 Å². The van der Waals surface area contributed by atoms with E-state index in [1.54, 1.807) is 0 Å². The van der Waals surface area contributed by atoms with Crippen LogP contribution < -0.4 is 10.6 Å². The first-order valence-electron chi connectivity index (χ1n) is 10.9. The Morgan fingerprint density at radius 2 is 1.28 bits per heavy atom. The molecule has 3 heteroatoms. The van der Waals surface area contributed by atoms with Crippen LogP contribution in [0.5, 0.6) is 0 Å². The van der Waals surface area contributed by atoms with E-state index in [1.165, 1.54) is 77.0 Å². The third-order valence-corrected chi connectivity index (χ3v) is 4.59. The molecule has 0 aliphatic heterocycles. The average molecular weight is 353 g/mol. The molecule has 0 rings (SSSR count). The predicted octanol–water partition coefficient (Wildman–Crippen LogP) is 5.75. The van der Waals surface area contributed by atoms with E-state index in [4.69, 9.17) is 0 Å². The molecule has 3 nitrogen and oxygen atoms in total. The molecule has 0 spiro atoms. The van der Waals surface area contributed by atoms with Gasteiger partial charge in [0.2, 0.25) is 5.91 Å². The van der Waals surface area contributed by atoms with Gasteiger partial charge in [-0.1, -0.05) is 70.4 Å². The lowest BCUT2D eigenvalue weighted by Crippen LogP contribution is -2.26. The van der Waals surface area contributed by atoms with Crippen molar-refractivity contribution in [1.82, 2.24) is 10.6 Å². The van der Waals surface area contributed by atoms with Crippen LogP contribution in [0.25, 0.3) is 0 Å². The maximum atomic E-state index is 11.6. The molecular weight excluding hydrogens is 308 g/mol. The first-order valence-corrected chi connectivity index (χ1v) is 10.9. The predicted molar refractivity (Wildman–Crippen MR) is 111 cm³/mol. The minimum atomic E-state index is 0.216. The van der Waals surface area contributed by atoms with Gasteiger partial charge in [-0.15, -0.1) is 0 Å². The van der Waals surface area contributed by atoms with E-state index in [1.807, 2.05) is 7.05 Å². The first-order chi connectivity index (χ1) is 12.3. The van der Waals surface area contributed by atoms with Crippen molar-refractivity contribution >= 4 is 5.91 Å². The van der Waals surface area contributed by atoms with Crippen LogP contribution in [0, 0.1) is 0 Å². The number of unbranched alkanes of at least 4 members (excludes halogenated alkanes) is 11. The van der Waals surface area contributed by atoms with Crippen molar-refractivity contribution in [2.45, 2.75) is 103 Å². The molecule has 0 aliphatic rings. The Kier molecular flexibility index (Phi) is 20.5. The monoisotopic (exact) mass is 352 g/mol. The summed E-state index contributed by atoms with van der Waals surface area (Å²) in [7, 11) is 1.94. The number of rotatable bonds is 19. The minimum absolute atomic E-state index is 0.216. The van der Waals surface area contributed by atoms with Gasteiger partial charge in [0, 0.05) is 13.0 Å². The number of amides is 1. The zero-order chi connectivity index (χ0) is 18.4. The lowest BCUT2D eigenvalue weighted by atomic mass is 10.1. The Hall–Kier alpha value is -0.830. The summed E-state index contributed by atoms with van der Waals surface area (Å²) in [6, 6.07) is 0. The van der Waals surface area contributed by atoms with Gasteiger partial charge in [-0.2, -0.15) is 0 Å². The smallest absolute Gasteiger partial charge is 0.219 e. The lowest BCUT2D eigenvalue weighted by Gasteiger charge is -2.05. The van der Waals surface area contributed by atoms with Gasteiger partial charge in [-0.3, -0.25) is 4.79 Å². The SMILES string of the molecule is CCCCCCCC/C=C/CCCCCCCC(=O)NCCCNC. The van der Waals surface area contributed by atoms with Gasteiger partial charge in [-0.05, 0) is 52.1 Å². The van der Waals surface area contributed by atoms with Gasteiger partial charge in [0.15, 0.2) is 0 Å². The average Bonchev–Trinajstić information content (AvgIpc) is 2.62. The number of carbonyl (C=O) groups excluding carboxylic acids is 1. The van der Waals surface area contributed by atoms with Crippen LogP contribution in [0.2, 0.25) is 0 Å². The van der Waals surface area contributed by atoms with Crippen LogP contribution in [0.3, 0.4) is 0 Å². The fourth-order valence-electron chi connectivity index (χ4n) is 2.94. The number of hydrogen-bond donors (Lipinski definition) is 2. The van der Waals surface area contributed by atoms with E-state index in [-0.39, 0.29) is 5.91 Å². The van der Waals surface area contributed by atoms with Crippen molar-refractivity contribution in [2.24, 2.45) is 0 Å². The Balaban J connectivity index is 3.17. The van der Waals surface area contributed by atoms with Crippen LogP contribution in [-0.4, -0.2) is 26.0 Å². The van der Waals surface area contributed by atoms with Gasteiger partial charge >= 0.3 is 0 Å². The Morgan fingerprint density at radius 3 is 1.88 bits per heavy atom. The van der Waals surface area contributed by atoms with Crippen molar-refractivity contribution in [3.05, 3.63) is 12.2 Å². The number of hydrogen-bond acceptors (Lipinski definition) is 2. The maximum Gasteiger partial charge on any atom is 0.219 e. The summed E-state index contributed by atoms with van der Waals surface area (Å²) in [5, 5.41) is 6.06. The van der Waals surface area contributed by atoms with Crippen molar-refractivity contribution in [2.75, 3.05) is 20.1 Å². The highest BCUT2D eigenvalue weighted by atomic mass is 16.1. The van der Waals surface area contributed by atoms with E-state index in [9.17, 15) is 4.79 Å². The van der Waals surface area contributed by atoms with E-state index >= 15 is 0 Å². The molecule has 0 saturated carbocycles. The van der Waals surface area contributed by atoms with Gasteiger partial charge in [0.05, 0.1) is 0 Å². The lowest BCUT2D eigenvalue weighted by molar-refractivity contribution is -0.121. The summed E-state index contributed by atoms with van der Waals surface area (Å²) in [6.07, 6.45) is 23.3. The van der Waals surface area contributed by atoms with Gasteiger partial charge in [-0.25, -0.2) is 0 Å². The minimum Gasteiger partial charge on any atom is -0.356 e. The van der Waals surface area contributed by atoms with Crippen molar-refractivity contribution < 1.29 is 4.79 Å². The third-order valence-electron chi connectivity index (χ3n) is 4.59. The normalized spacial score (nSPS) is 11.3. The van der Waals surface area contributed by atoms with E-state index in [0.29, 0.717) is 6.42 Å². The molecule has 0 aromatic carbocycles. The molecule has 0 aliphatic carbocycles. The fraction of sp³-hybridized carbons (Fsp3) is 0.864. The fourth-order valence-corrected chi connectivity index (χ4v) is 2.94. The molecule has 0 aromatic rings. The van der Waals surface area contributed by atoms with Gasteiger partial charge in [0.25, 0.3) is 0 Å². The Labute approximate surface area is 157 Å². The molecule has 0 atom stereocenters. The highest BCUT2D eigenvalue weighted by Crippen LogP contribution is 2.09. The standard InChI is InChI=1S/C22H44N2O/c1-3-4-5-6-7-8-9-10-11-12-13-14-15-16-17-19-22(25)24-21-18-20-23-2/h10-11,23H,3-9,12-21H2,1-2H3,(H,24,25)/b11-10+. The second-order valence-corrected chi connectivity index (χ2v) is 7.14. The molecule has 2 N–H and O–H groups in total. The van der Waals surface area contributed by atoms with Crippen molar-refractivity contribution in [3.63, 3.8) is 0 Å².